The van der Waals surface area contributed by atoms with Gasteiger partial charge in [-0.2, -0.15) is 0 Å². The van der Waals surface area contributed by atoms with E-state index in [0.29, 0.717) is 17.5 Å². The van der Waals surface area contributed by atoms with Gasteiger partial charge in [0.15, 0.2) is 5.16 Å². The van der Waals surface area contributed by atoms with Crippen molar-refractivity contribution < 1.29 is 4.79 Å². The van der Waals surface area contributed by atoms with Crippen molar-refractivity contribution in [2.75, 3.05) is 18.8 Å². The SMILES string of the molecule is O=C(NC1CCN(Cc2ccccc2)CC1)C1CSc2nccc(=O)n2C1. The Kier molecular flexibility index (Phi) is 5.59. The number of nitrogens with one attached hydrogen (secondary N) is 1. The molecule has 0 saturated carbocycles. The number of carbonyl (C=O) groups is 1. The number of thioether (sulfide) groups is 1. The van der Waals surface area contributed by atoms with Gasteiger partial charge < -0.3 is 5.32 Å². The van der Waals surface area contributed by atoms with Crippen molar-refractivity contribution >= 4 is 17.7 Å². The molecule has 1 aromatic carbocycles. The van der Waals surface area contributed by atoms with Gasteiger partial charge in [-0.1, -0.05) is 42.1 Å². The zero-order valence-electron chi connectivity index (χ0n) is 15.2. The molecular weight excluding hydrogens is 360 g/mol. The highest BCUT2D eigenvalue weighted by atomic mass is 32.2. The highest BCUT2D eigenvalue weighted by Gasteiger charge is 2.29. The molecule has 27 heavy (non-hydrogen) atoms. The number of aromatic nitrogens is 2. The summed E-state index contributed by atoms with van der Waals surface area (Å²) in [4.78, 5) is 31.3. The molecule has 2 aromatic rings. The van der Waals surface area contributed by atoms with Gasteiger partial charge in [0.1, 0.15) is 0 Å². The van der Waals surface area contributed by atoms with Crippen LogP contribution < -0.4 is 10.9 Å². The molecule has 6 nitrogen and oxygen atoms in total. The second-order valence-corrected chi connectivity index (χ2v) is 8.22. The predicted octanol–water partition coefficient (Wildman–Crippen LogP) is 1.75. The van der Waals surface area contributed by atoms with Crippen LogP contribution in [0.4, 0.5) is 0 Å². The third-order valence-electron chi connectivity index (χ3n) is 5.27. The molecule has 1 unspecified atom stereocenters. The lowest BCUT2D eigenvalue weighted by Gasteiger charge is -2.33. The molecule has 4 rings (SSSR count). The van der Waals surface area contributed by atoms with Crippen molar-refractivity contribution in [2.24, 2.45) is 5.92 Å². The third-order valence-corrected chi connectivity index (χ3v) is 6.42. The topological polar surface area (TPSA) is 67.2 Å². The zero-order chi connectivity index (χ0) is 18.6. The van der Waals surface area contributed by atoms with Crippen molar-refractivity contribution in [3.05, 3.63) is 58.5 Å². The Labute approximate surface area is 163 Å². The Morgan fingerprint density at radius 2 is 1.96 bits per heavy atom. The summed E-state index contributed by atoms with van der Waals surface area (Å²) in [7, 11) is 0. The second kappa shape index (κ2) is 8.27. The summed E-state index contributed by atoms with van der Waals surface area (Å²) in [5.41, 5.74) is 1.25. The van der Waals surface area contributed by atoms with Crippen LogP contribution in [0.1, 0.15) is 18.4 Å². The van der Waals surface area contributed by atoms with Gasteiger partial charge in [-0.05, 0) is 18.4 Å². The maximum absolute atomic E-state index is 12.7. The molecule has 7 heteroatoms. The highest BCUT2D eigenvalue weighted by Crippen LogP contribution is 2.25. The number of amides is 1. The fourth-order valence-corrected chi connectivity index (χ4v) is 4.77. The normalized spacial score (nSPS) is 20.8. The molecule has 0 spiro atoms. The first-order valence-electron chi connectivity index (χ1n) is 9.44. The largest absolute Gasteiger partial charge is 0.353 e. The van der Waals surface area contributed by atoms with Crippen LogP contribution in [0.25, 0.3) is 0 Å². The van der Waals surface area contributed by atoms with E-state index in [0.717, 1.165) is 32.5 Å². The summed E-state index contributed by atoms with van der Waals surface area (Å²) in [5, 5.41) is 3.92. The van der Waals surface area contributed by atoms with Crippen molar-refractivity contribution in [3.8, 4) is 0 Å². The first-order chi connectivity index (χ1) is 13.2. The lowest BCUT2D eigenvalue weighted by molar-refractivity contribution is -0.125. The van der Waals surface area contributed by atoms with Crippen LogP contribution in [-0.2, 0) is 17.9 Å². The summed E-state index contributed by atoms with van der Waals surface area (Å²) in [6.45, 7) is 3.37. The predicted molar refractivity (Wildman–Crippen MR) is 106 cm³/mol. The monoisotopic (exact) mass is 384 g/mol. The smallest absolute Gasteiger partial charge is 0.254 e. The molecule has 3 heterocycles. The van der Waals surface area contributed by atoms with E-state index in [1.165, 1.54) is 29.6 Å². The molecule has 0 bridgehead atoms. The zero-order valence-corrected chi connectivity index (χ0v) is 16.0. The van der Waals surface area contributed by atoms with E-state index in [9.17, 15) is 9.59 Å². The average Bonchev–Trinajstić information content (AvgIpc) is 2.70. The molecule has 1 fully saturated rings. The molecule has 0 aliphatic carbocycles. The van der Waals surface area contributed by atoms with Crippen molar-refractivity contribution in [1.82, 2.24) is 19.8 Å². The van der Waals surface area contributed by atoms with E-state index in [-0.39, 0.29) is 23.4 Å². The summed E-state index contributed by atoms with van der Waals surface area (Å²) in [6, 6.07) is 12.2. The molecule has 1 amide bonds. The Bertz CT molecular complexity index is 847. The minimum atomic E-state index is -0.174. The number of fused-ring (bicyclic) bond motifs is 1. The Balaban J connectivity index is 1.27. The summed E-state index contributed by atoms with van der Waals surface area (Å²) in [6.07, 6.45) is 3.47. The molecule has 1 N–H and O–H groups in total. The molecule has 2 aliphatic heterocycles. The van der Waals surface area contributed by atoms with Crippen LogP contribution in [0.5, 0.6) is 0 Å². The fraction of sp³-hybridized carbons (Fsp3) is 0.450. The number of nitrogens with zero attached hydrogens (tertiary/aromatic N) is 3. The minimum Gasteiger partial charge on any atom is -0.353 e. The maximum Gasteiger partial charge on any atom is 0.254 e. The molecule has 2 aliphatic rings. The van der Waals surface area contributed by atoms with E-state index in [2.05, 4.69) is 39.5 Å². The first kappa shape index (κ1) is 18.3. The van der Waals surface area contributed by atoms with Gasteiger partial charge in [-0.3, -0.25) is 19.1 Å². The number of hydrogen-bond donors (Lipinski definition) is 1. The van der Waals surface area contributed by atoms with E-state index in [1.807, 2.05) is 6.07 Å². The maximum atomic E-state index is 12.7. The van der Waals surface area contributed by atoms with Crippen LogP contribution in [0.3, 0.4) is 0 Å². The van der Waals surface area contributed by atoms with Gasteiger partial charge >= 0.3 is 0 Å². The van der Waals surface area contributed by atoms with Crippen LogP contribution in [-0.4, -0.2) is 45.2 Å². The molecule has 0 radical (unpaired) electrons. The first-order valence-corrected chi connectivity index (χ1v) is 10.4. The molecular formula is C20H24N4O2S. The summed E-state index contributed by atoms with van der Waals surface area (Å²) in [5.74, 6) is 0.562. The Hall–Kier alpha value is -2.12. The third kappa shape index (κ3) is 4.42. The standard InChI is InChI=1S/C20H24N4O2S/c25-18-6-9-21-20-24(18)13-16(14-27-20)19(26)22-17-7-10-23(11-8-17)12-15-4-2-1-3-5-15/h1-6,9,16-17H,7-8,10-14H2,(H,22,26). The molecule has 1 atom stereocenters. The lowest BCUT2D eigenvalue weighted by atomic mass is 10.0. The number of carbonyl (C=O) groups excluding carboxylic acids is 1. The van der Waals surface area contributed by atoms with Crippen LogP contribution in [0.15, 0.2) is 52.5 Å². The molecule has 1 saturated heterocycles. The highest BCUT2D eigenvalue weighted by molar-refractivity contribution is 7.99. The van der Waals surface area contributed by atoms with Gasteiger partial charge in [-0.25, -0.2) is 4.98 Å². The van der Waals surface area contributed by atoms with E-state index < -0.39 is 0 Å². The number of hydrogen-bond acceptors (Lipinski definition) is 5. The summed E-state index contributed by atoms with van der Waals surface area (Å²) < 4.78 is 1.61. The Morgan fingerprint density at radius 3 is 2.74 bits per heavy atom. The number of likely N-dealkylation sites (tertiary alicyclic amines) is 1. The van der Waals surface area contributed by atoms with Crippen molar-refractivity contribution in [3.63, 3.8) is 0 Å². The quantitative estimate of drug-likeness (QED) is 0.814. The van der Waals surface area contributed by atoms with Gasteiger partial charge in [0, 0.05) is 50.2 Å². The van der Waals surface area contributed by atoms with Crippen molar-refractivity contribution in [2.45, 2.75) is 37.1 Å². The van der Waals surface area contributed by atoms with Crippen LogP contribution in [0.2, 0.25) is 0 Å². The van der Waals surface area contributed by atoms with Gasteiger partial charge in [0.25, 0.3) is 5.56 Å². The average molecular weight is 385 g/mol. The van der Waals surface area contributed by atoms with Gasteiger partial charge in [-0.15, -0.1) is 0 Å². The second-order valence-electron chi connectivity index (χ2n) is 7.23. The van der Waals surface area contributed by atoms with Crippen LogP contribution >= 0.6 is 11.8 Å². The van der Waals surface area contributed by atoms with Gasteiger partial charge in [0.05, 0.1) is 5.92 Å². The lowest BCUT2D eigenvalue weighted by Crippen LogP contribution is -2.48. The van der Waals surface area contributed by atoms with E-state index in [4.69, 9.17) is 0 Å². The van der Waals surface area contributed by atoms with Crippen molar-refractivity contribution in [1.29, 1.82) is 0 Å². The minimum absolute atomic E-state index is 0.0606. The summed E-state index contributed by atoms with van der Waals surface area (Å²) >= 11 is 1.49. The van der Waals surface area contributed by atoms with Crippen LogP contribution in [0, 0.1) is 5.92 Å². The number of piperidine rings is 1. The number of rotatable bonds is 4. The van der Waals surface area contributed by atoms with E-state index >= 15 is 0 Å². The number of benzene rings is 1. The van der Waals surface area contributed by atoms with Gasteiger partial charge in [0.2, 0.25) is 5.91 Å². The molecule has 1 aromatic heterocycles. The molecule has 142 valence electrons. The van der Waals surface area contributed by atoms with E-state index in [1.54, 1.807) is 4.57 Å². The Morgan fingerprint density at radius 1 is 1.19 bits per heavy atom. The fourth-order valence-electron chi connectivity index (χ4n) is 3.70.